The summed E-state index contributed by atoms with van der Waals surface area (Å²) in [5.74, 6) is 0.675. The Morgan fingerprint density at radius 2 is 1.63 bits per heavy atom. The number of nitrogens with one attached hydrogen (secondary N) is 2. The van der Waals surface area contributed by atoms with Crippen LogP contribution >= 0.6 is 0 Å². The van der Waals surface area contributed by atoms with E-state index in [2.05, 4.69) is 21.9 Å². The first-order chi connectivity index (χ1) is 20.5. The van der Waals surface area contributed by atoms with E-state index < -0.39 is 27.2 Å². The lowest BCUT2D eigenvalue weighted by Crippen LogP contribution is -2.73. The second-order valence-electron chi connectivity index (χ2n) is 12.9. The van der Waals surface area contributed by atoms with Gasteiger partial charge in [-0.3, -0.25) is 14.3 Å². The molecule has 0 unspecified atom stereocenters. The van der Waals surface area contributed by atoms with E-state index in [9.17, 15) is 23.1 Å². The number of nitrogens with zero attached hydrogens (tertiary/aromatic N) is 2. The van der Waals surface area contributed by atoms with Crippen molar-refractivity contribution in [2.75, 3.05) is 43.8 Å². The van der Waals surface area contributed by atoms with Crippen molar-refractivity contribution in [1.29, 1.82) is 0 Å². The van der Waals surface area contributed by atoms with Crippen LogP contribution in [0.15, 0.2) is 24.3 Å². The molecule has 0 radical (unpaired) electrons. The van der Waals surface area contributed by atoms with E-state index in [4.69, 9.17) is 4.74 Å². The molecule has 1 spiro atoms. The first-order valence-corrected chi connectivity index (χ1v) is 18.2. The van der Waals surface area contributed by atoms with Gasteiger partial charge in [0.15, 0.2) is 0 Å². The maximum Gasteiger partial charge on any atom is 0.246 e. The van der Waals surface area contributed by atoms with Gasteiger partial charge in [0, 0.05) is 31.7 Å². The number of unbranched alkanes of at least 4 members (excludes halogenated alkanes) is 4. The van der Waals surface area contributed by atoms with Gasteiger partial charge >= 0.3 is 0 Å². The van der Waals surface area contributed by atoms with Crippen LogP contribution in [-0.2, 0) is 19.6 Å². The Morgan fingerprint density at radius 3 is 2.28 bits per heavy atom. The highest BCUT2D eigenvalue weighted by Crippen LogP contribution is 2.37. The van der Waals surface area contributed by atoms with Gasteiger partial charge in [0.2, 0.25) is 21.8 Å². The fourth-order valence-corrected chi connectivity index (χ4v) is 7.47. The number of carbonyl (C=O) groups excluding carboxylic acids is 2. The summed E-state index contributed by atoms with van der Waals surface area (Å²) in [6, 6.07) is 6.28. The Hall–Kier alpha value is -2.37. The highest BCUT2D eigenvalue weighted by molar-refractivity contribution is 7.92. The number of likely N-dealkylation sites (tertiary alicyclic amines) is 1. The van der Waals surface area contributed by atoms with Crippen LogP contribution in [0.25, 0.3) is 0 Å². The molecule has 0 aromatic heterocycles. The number of carbonyl (C=O) groups is 2. The van der Waals surface area contributed by atoms with Crippen LogP contribution in [0.2, 0.25) is 0 Å². The van der Waals surface area contributed by atoms with Crippen LogP contribution in [0.1, 0.15) is 96.8 Å². The molecule has 2 aliphatic heterocycles. The fourth-order valence-electron chi connectivity index (χ4n) is 6.91. The van der Waals surface area contributed by atoms with Gasteiger partial charge in [0.25, 0.3) is 0 Å². The van der Waals surface area contributed by atoms with Crippen molar-refractivity contribution in [3.05, 3.63) is 24.3 Å². The van der Waals surface area contributed by atoms with Crippen LogP contribution in [0, 0.1) is 0 Å². The standard InChI is InChI=1S/C32H52N4O6S/c1-3-4-21-36-29(37)28(25-31(39)16-8-7-9-17-31)33-30(38)32(36)18-22-35(23-19-32)20-10-5-6-11-24-42-27-14-12-26(13-15-27)34-43(2,40)41/h12-15,28,34,39H,3-11,16-25H2,1-2H3,(H,33,38)/t28-/m1/s1. The number of rotatable bonds is 15. The third kappa shape index (κ3) is 9.31. The molecule has 11 heteroatoms. The highest BCUT2D eigenvalue weighted by atomic mass is 32.2. The third-order valence-electron chi connectivity index (χ3n) is 9.39. The van der Waals surface area contributed by atoms with Crippen molar-refractivity contribution in [3.8, 4) is 5.75 Å². The number of aliphatic hydroxyl groups is 1. The first kappa shape index (κ1) is 33.5. The number of hydrogen-bond acceptors (Lipinski definition) is 7. The van der Waals surface area contributed by atoms with Crippen molar-refractivity contribution >= 4 is 27.5 Å². The molecule has 3 aliphatic rings. The summed E-state index contributed by atoms with van der Waals surface area (Å²) in [6.45, 7) is 5.89. The largest absolute Gasteiger partial charge is 0.494 e. The van der Waals surface area contributed by atoms with E-state index in [-0.39, 0.29) is 11.8 Å². The van der Waals surface area contributed by atoms with Crippen molar-refractivity contribution in [1.82, 2.24) is 15.1 Å². The molecular weight excluding hydrogens is 568 g/mol. The van der Waals surface area contributed by atoms with Gasteiger partial charge in [-0.15, -0.1) is 0 Å². The Balaban J connectivity index is 1.18. The second-order valence-corrected chi connectivity index (χ2v) is 14.6. The van der Waals surface area contributed by atoms with Crippen LogP contribution in [0.5, 0.6) is 5.75 Å². The normalized spacial score (nSPS) is 22.4. The lowest BCUT2D eigenvalue weighted by molar-refractivity contribution is -0.163. The number of benzene rings is 1. The van der Waals surface area contributed by atoms with E-state index in [0.29, 0.717) is 50.9 Å². The summed E-state index contributed by atoms with van der Waals surface area (Å²) in [5, 5.41) is 14.2. The molecule has 1 aromatic rings. The van der Waals surface area contributed by atoms with Crippen molar-refractivity contribution in [2.24, 2.45) is 0 Å². The number of piperidine rings is 1. The second kappa shape index (κ2) is 15.1. The van der Waals surface area contributed by atoms with Crippen LogP contribution in [-0.4, -0.2) is 91.4 Å². The molecule has 1 atom stereocenters. The van der Waals surface area contributed by atoms with E-state index in [0.717, 1.165) is 89.4 Å². The summed E-state index contributed by atoms with van der Waals surface area (Å²) >= 11 is 0. The maximum atomic E-state index is 13.8. The molecule has 3 fully saturated rings. The van der Waals surface area contributed by atoms with E-state index in [1.165, 1.54) is 0 Å². The number of sulfonamides is 1. The topological polar surface area (TPSA) is 128 Å². The summed E-state index contributed by atoms with van der Waals surface area (Å²) in [4.78, 5) is 31.7. The van der Waals surface area contributed by atoms with Crippen LogP contribution in [0.3, 0.4) is 0 Å². The molecule has 1 aliphatic carbocycles. The van der Waals surface area contributed by atoms with E-state index in [1.54, 1.807) is 24.3 Å². The summed E-state index contributed by atoms with van der Waals surface area (Å²) in [6.07, 6.45) is 13.2. The molecule has 1 saturated carbocycles. The Kier molecular flexibility index (Phi) is 11.8. The zero-order valence-corrected chi connectivity index (χ0v) is 26.9. The quantitative estimate of drug-likeness (QED) is 0.253. The molecule has 43 heavy (non-hydrogen) atoms. The minimum Gasteiger partial charge on any atom is -0.494 e. The van der Waals surface area contributed by atoms with E-state index >= 15 is 0 Å². The molecule has 4 rings (SSSR count). The molecule has 0 bridgehead atoms. The van der Waals surface area contributed by atoms with Crippen LogP contribution < -0.4 is 14.8 Å². The number of ether oxygens (including phenoxy) is 1. The lowest BCUT2D eigenvalue weighted by atomic mass is 9.77. The van der Waals surface area contributed by atoms with Gasteiger partial charge in [0.05, 0.1) is 18.5 Å². The fraction of sp³-hybridized carbons (Fsp3) is 0.750. The molecule has 3 N–H and O–H groups in total. The van der Waals surface area contributed by atoms with Gasteiger partial charge in [-0.1, -0.05) is 45.4 Å². The van der Waals surface area contributed by atoms with Gasteiger partial charge in [0.1, 0.15) is 17.3 Å². The minimum absolute atomic E-state index is 0.00997. The molecule has 1 aromatic carbocycles. The van der Waals surface area contributed by atoms with Crippen molar-refractivity contribution < 1.29 is 27.9 Å². The number of hydrogen-bond donors (Lipinski definition) is 3. The van der Waals surface area contributed by atoms with Gasteiger partial charge < -0.3 is 25.0 Å². The van der Waals surface area contributed by atoms with Gasteiger partial charge in [-0.25, -0.2) is 8.42 Å². The molecule has 242 valence electrons. The molecule has 2 amide bonds. The predicted octanol–water partition coefficient (Wildman–Crippen LogP) is 4.04. The number of anilines is 1. The van der Waals surface area contributed by atoms with Crippen molar-refractivity contribution in [2.45, 2.75) is 114 Å². The number of amides is 2. The summed E-state index contributed by atoms with van der Waals surface area (Å²) < 4.78 is 30.9. The van der Waals surface area contributed by atoms with Gasteiger partial charge in [-0.05, 0) is 75.8 Å². The highest BCUT2D eigenvalue weighted by Gasteiger charge is 2.54. The zero-order valence-electron chi connectivity index (χ0n) is 26.1. The van der Waals surface area contributed by atoms with Gasteiger partial charge in [-0.2, -0.15) is 0 Å². The Labute approximate surface area is 258 Å². The molecular formula is C32H52N4O6S. The minimum atomic E-state index is -3.29. The average molecular weight is 621 g/mol. The lowest BCUT2D eigenvalue weighted by Gasteiger charge is -2.52. The maximum absolute atomic E-state index is 13.8. The van der Waals surface area contributed by atoms with Crippen LogP contribution in [0.4, 0.5) is 5.69 Å². The zero-order chi connectivity index (χ0) is 30.9. The third-order valence-corrected chi connectivity index (χ3v) is 10.00. The number of piperazine rings is 1. The molecule has 2 heterocycles. The monoisotopic (exact) mass is 620 g/mol. The van der Waals surface area contributed by atoms with Crippen molar-refractivity contribution in [3.63, 3.8) is 0 Å². The predicted molar refractivity (Wildman–Crippen MR) is 168 cm³/mol. The summed E-state index contributed by atoms with van der Waals surface area (Å²) in [7, 11) is -3.29. The smallest absolute Gasteiger partial charge is 0.246 e. The Bertz CT molecular complexity index is 1160. The first-order valence-electron chi connectivity index (χ1n) is 16.3. The van der Waals surface area contributed by atoms with E-state index in [1.807, 2.05) is 4.90 Å². The average Bonchev–Trinajstić information content (AvgIpc) is 2.96. The molecule has 2 saturated heterocycles. The summed E-state index contributed by atoms with van der Waals surface area (Å²) in [5.41, 5.74) is -1.11. The molecule has 10 nitrogen and oxygen atoms in total. The SMILES string of the molecule is CCCCN1C(=O)[C@@H](CC2(O)CCCCC2)NC(=O)C12CCN(CCCCCCOc1ccc(NS(C)(=O)=O)cc1)CC2. The Morgan fingerprint density at radius 1 is 0.953 bits per heavy atom.